The van der Waals surface area contributed by atoms with Gasteiger partial charge in [-0.15, -0.1) is 0 Å². The van der Waals surface area contributed by atoms with E-state index < -0.39 is 80.7 Å². The van der Waals surface area contributed by atoms with Gasteiger partial charge >= 0.3 is 23.9 Å². The molecule has 0 bridgehead atoms. The summed E-state index contributed by atoms with van der Waals surface area (Å²) in [5.41, 5.74) is -0.232. The molecule has 13 nitrogen and oxygen atoms in total. The van der Waals surface area contributed by atoms with Crippen LogP contribution in [0.15, 0.2) is 24.4 Å². The van der Waals surface area contributed by atoms with Crippen molar-refractivity contribution in [2.24, 2.45) is 0 Å². The van der Waals surface area contributed by atoms with E-state index in [-0.39, 0.29) is 22.2 Å². The molecule has 2 N–H and O–H groups in total. The van der Waals surface area contributed by atoms with E-state index in [1.807, 2.05) is 0 Å². The number of benzene rings is 1. The molecule has 36 heavy (non-hydrogen) atoms. The van der Waals surface area contributed by atoms with Crippen molar-refractivity contribution in [2.75, 3.05) is 7.11 Å². The zero-order valence-corrected chi connectivity index (χ0v) is 19.2. The fourth-order valence-corrected chi connectivity index (χ4v) is 3.41. The lowest BCUT2D eigenvalue weighted by Crippen LogP contribution is -2.55. The highest BCUT2D eigenvalue weighted by Gasteiger charge is 2.47. The molecule has 0 saturated carbocycles. The van der Waals surface area contributed by atoms with Crippen LogP contribution in [0.25, 0.3) is 10.9 Å². The molecule has 1 heterocycles. The fourth-order valence-electron chi connectivity index (χ4n) is 3.41. The lowest BCUT2D eigenvalue weighted by atomic mass is 9.95. The zero-order valence-electron chi connectivity index (χ0n) is 22.2. The molecule has 4 atom stereocenters. The van der Waals surface area contributed by atoms with Gasteiger partial charge in [-0.3, -0.25) is 28.5 Å². The molecule has 1 aromatic carbocycles. The number of ketones is 1. The number of Topliss-reactive ketones (excluding diaryl/α,β-unsaturated/α-hetero) is 1. The van der Waals surface area contributed by atoms with Crippen LogP contribution in [0.2, 0.25) is 0 Å². The van der Waals surface area contributed by atoms with E-state index in [1.54, 1.807) is 0 Å². The minimum atomic E-state index is -2.44. The average Bonchev–Trinajstić information content (AvgIpc) is 3.30. The number of carbonyl (C=O) groups is 6. The molecule has 0 aliphatic rings. The number of aromatic nitrogens is 1. The smallest absolute Gasteiger partial charge is 0.338 e. The number of phenols is 1. The number of ether oxygens (including phenoxy) is 4. The summed E-state index contributed by atoms with van der Waals surface area (Å²) in [4.78, 5) is 74.5. The highest BCUT2D eigenvalue weighted by atomic mass is 16.6. The van der Waals surface area contributed by atoms with Crippen LogP contribution in [-0.4, -0.2) is 81.9 Å². The van der Waals surface area contributed by atoms with Gasteiger partial charge in [0.15, 0.2) is 18.3 Å². The van der Waals surface area contributed by atoms with Crippen molar-refractivity contribution in [1.29, 1.82) is 0 Å². The van der Waals surface area contributed by atoms with Crippen LogP contribution in [0.1, 0.15) is 46.9 Å². The van der Waals surface area contributed by atoms with Crippen LogP contribution in [0, 0.1) is 0 Å². The Morgan fingerprint density at radius 1 is 0.944 bits per heavy atom. The standard InChI is InChI=1S/C23H25NO12/c1-10(25)24-9-16(15-8-14(29)6-7-17(15)24)18(30)20(34-11(2)26)22(36-13(4)28)21(35-12(3)27)19(31)23(32)33-5/h6-9,19-22,29,31H,1-5H3/t19-,20-,21+,22+/m0/s1/i2D,3D,4D. The molecular weight excluding hydrogens is 482 g/mol. The number of rotatable bonds is 9. The Hall–Kier alpha value is -4.26. The molecule has 2 rings (SSSR count). The fraction of sp³-hybridized carbons (Fsp3) is 0.391. The maximum absolute atomic E-state index is 13.8. The molecule has 0 radical (unpaired) electrons. The number of esters is 4. The van der Waals surface area contributed by atoms with E-state index in [2.05, 4.69) is 4.74 Å². The molecule has 0 aliphatic carbocycles. The summed E-state index contributed by atoms with van der Waals surface area (Å²) in [6, 6.07) is 3.65. The van der Waals surface area contributed by atoms with E-state index in [0.29, 0.717) is 0 Å². The minimum absolute atomic E-state index is 0.0269. The van der Waals surface area contributed by atoms with Gasteiger partial charge in [0.25, 0.3) is 0 Å². The Morgan fingerprint density at radius 3 is 2.08 bits per heavy atom. The summed E-state index contributed by atoms with van der Waals surface area (Å²) < 4.78 is 42.2. The molecule has 2 aromatic rings. The van der Waals surface area contributed by atoms with Crippen LogP contribution in [0.4, 0.5) is 0 Å². The van der Waals surface area contributed by atoms with Gasteiger partial charge in [-0.2, -0.15) is 0 Å². The summed E-state index contributed by atoms with van der Waals surface area (Å²) in [6.07, 6.45) is -8.34. The first-order valence-corrected chi connectivity index (χ1v) is 10.0. The molecule has 0 spiro atoms. The number of hydrogen-bond donors (Lipinski definition) is 2. The third-order valence-electron chi connectivity index (χ3n) is 4.82. The Morgan fingerprint density at radius 2 is 1.53 bits per heavy atom. The second-order valence-corrected chi connectivity index (χ2v) is 7.28. The van der Waals surface area contributed by atoms with Crippen LogP contribution >= 0.6 is 0 Å². The van der Waals surface area contributed by atoms with Crippen LogP contribution in [-0.2, 0) is 38.1 Å². The summed E-state index contributed by atoms with van der Waals surface area (Å²) in [5.74, 6) is -7.61. The normalized spacial score (nSPS) is 15.2. The van der Waals surface area contributed by atoms with E-state index in [9.17, 15) is 39.0 Å². The summed E-state index contributed by atoms with van der Waals surface area (Å²) in [7, 11) is 0.853. The maximum Gasteiger partial charge on any atom is 0.338 e. The number of fused-ring (bicyclic) bond motifs is 1. The van der Waals surface area contributed by atoms with Gasteiger partial charge < -0.3 is 29.2 Å². The first kappa shape index (κ1) is 23.5. The second kappa shape index (κ2) is 11.4. The van der Waals surface area contributed by atoms with Crippen molar-refractivity contribution >= 4 is 46.5 Å². The SMILES string of the molecule is [2H]CC(=O)O[C@@H]([C@H](OC(=O)C[2H])[C@@H](OC(=O)C[2H])C(=O)c1cn(C(C)=O)c2ccc(O)cc12)[C@H](O)C(=O)OC. The number of nitrogens with zero attached hydrogens (tertiary/aromatic N) is 1. The first-order valence-electron chi connectivity index (χ1n) is 12.1. The number of aromatic hydroxyl groups is 1. The molecular formula is C23H25NO12. The molecule has 0 fully saturated rings. The van der Waals surface area contributed by atoms with Gasteiger partial charge in [0.2, 0.25) is 17.8 Å². The van der Waals surface area contributed by atoms with Crippen molar-refractivity contribution in [1.82, 2.24) is 4.57 Å². The van der Waals surface area contributed by atoms with E-state index in [0.717, 1.165) is 23.9 Å². The maximum atomic E-state index is 13.8. The number of methoxy groups -OCH3 is 1. The van der Waals surface area contributed by atoms with E-state index in [4.69, 9.17) is 18.3 Å². The van der Waals surface area contributed by atoms with Crippen molar-refractivity contribution in [3.05, 3.63) is 30.0 Å². The van der Waals surface area contributed by atoms with Crippen molar-refractivity contribution < 1.29 is 62.0 Å². The molecule has 0 aliphatic heterocycles. The van der Waals surface area contributed by atoms with Crippen molar-refractivity contribution in [3.8, 4) is 5.75 Å². The lowest BCUT2D eigenvalue weighted by molar-refractivity contribution is -0.194. The summed E-state index contributed by atoms with van der Waals surface area (Å²) in [6.45, 7) is -1.98. The first-order chi connectivity index (χ1) is 18.4. The third kappa shape index (κ3) is 6.24. The molecule has 0 amide bonds. The quantitative estimate of drug-likeness (QED) is 0.271. The second-order valence-electron chi connectivity index (χ2n) is 7.28. The summed E-state index contributed by atoms with van der Waals surface area (Å²) >= 11 is 0. The van der Waals surface area contributed by atoms with Crippen LogP contribution in [0.3, 0.4) is 0 Å². The zero-order chi connectivity index (χ0) is 29.4. The minimum Gasteiger partial charge on any atom is -0.508 e. The van der Waals surface area contributed by atoms with Gasteiger partial charge in [-0.25, -0.2) is 4.79 Å². The van der Waals surface area contributed by atoms with Gasteiger partial charge in [0.1, 0.15) is 5.75 Å². The monoisotopic (exact) mass is 510 g/mol. The third-order valence-corrected chi connectivity index (χ3v) is 4.82. The predicted molar refractivity (Wildman–Crippen MR) is 119 cm³/mol. The highest BCUT2D eigenvalue weighted by molar-refractivity contribution is 6.13. The number of hydrogen-bond acceptors (Lipinski definition) is 12. The largest absolute Gasteiger partial charge is 0.508 e. The lowest BCUT2D eigenvalue weighted by Gasteiger charge is -2.32. The van der Waals surface area contributed by atoms with Gasteiger partial charge in [-0.1, -0.05) is 0 Å². The topological polar surface area (TPSA) is 185 Å². The Balaban J connectivity index is 2.81. The number of aliphatic hydroxyl groups is 1. The highest BCUT2D eigenvalue weighted by Crippen LogP contribution is 2.29. The molecule has 13 heteroatoms. The van der Waals surface area contributed by atoms with Crippen molar-refractivity contribution in [2.45, 2.75) is 52.0 Å². The van der Waals surface area contributed by atoms with Crippen LogP contribution < -0.4 is 0 Å². The van der Waals surface area contributed by atoms with Gasteiger partial charge in [-0.05, 0) is 18.2 Å². The Labute approximate surface area is 208 Å². The number of phenolic OH excluding ortho intramolecular Hbond substituents is 1. The molecule has 194 valence electrons. The molecule has 0 unspecified atom stereocenters. The van der Waals surface area contributed by atoms with Gasteiger partial charge in [0, 0.05) is 48.9 Å². The molecule has 0 saturated heterocycles. The number of aliphatic hydroxyl groups excluding tert-OH is 1. The average molecular weight is 510 g/mol. The molecule has 1 aromatic heterocycles. The van der Waals surface area contributed by atoms with Crippen molar-refractivity contribution in [3.63, 3.8) is 0 Å². The summed E-state index contributed by atoms with van der Waals surface area (Å²) in [5, 5.41) is 20.5. The van der Waals surface area contributed by atoms with Gasteiger partial charge in [0.05, 0.1) is 12.6 Å². The van der Waals surface area contributed by atoms with E-state index in [1.165, 1.54) is 19.1 Å². The predicted octanol–water partition coefficient (Wildman–Crippen LogP) is 0.519. The van der Waals surface area contributed by atoms with Crippen LogP contribution in [0.5, 0.6) is 5.75 Å². The van der Waals surface area contributed by atoms with E-state index >= 15 is 0 Å². The number of carbonyl (C=O) groups excluding carboxylic acids is 6. The Kier molecular flexibility index (Phi) is 7.46. The Bertz CT molecular complexity index is 1280.